The van der Waals surface area contributed by atoms with Crippen LogP contribution in [-0.2, 0) is 14.1 Å². The maximum Gasteiger partial charge on any atom is 0.340 e. The predicted octanol–water partition coefficient (Wildman–Crippen LogP) is 0.935. The molecule has 0 atom stereocenters. The highest BCUT2D eigenvalue weighted by atomic mass is 16.6. The van der Waals surface area contributed by atoms with Crippen LogP contribution >= 0.6 is 0 Å². The number of nitro benzene ring substituents is 1. The van der Waals surface area contributed by atoms with Crippen molar-refractivity contribution in [2.45, 2.75) is 0 Å². The normalized spacial score (nSPS) is 10.6. The Morgan fingerprint density at radius 2 is 1.22 bits per heavy atom. The van der Waals surface area contributed by atoms with E-state index >= 15 is 0 Å². The number of aromatic nitrogens is 3. The molecule has 0 saturated heterocycles. The monoisotopic (exact) mass is 370 g/mol. The molecule has 0 amide bonds. The molecular formula is C17H14N4O6. The molecule has 0 aliphatic rings. The van der Waals surface area contributed by atoms with E-state index < -0.39 is 22.0 Å². The summed E-state index contributed by atoms with van der Waals surface area (Å²) in [5, 5.41) is 10.7. The molecule has 1 aromatic heterocycles. The van der Waals surface area contributed by atoms with E-state index in [2.05, 4.69) is 0 Å². The van der Waals surface area contributed by atoms with E-state index in [0.29, 0.717) is 11.5 Å². The molecule has 10 heteroatoms. The largest absolute Gasteiger partial charge is 0.457 e. The predicted molar refractivity (Wildman–Crippen MR) is 95.7 cm³/mol. The van der Waals surface area contributed by atoms with Crippen LogP contribution in [0.25, 0.3) is 5.69 Å². The SMILES string of the molecule is Cn1c(=O)n(C)c(=O)n(-c2ccc(Oc3ccc([N+](=O)[O-])cc3)cc2)c1=O. The molecule has 0 unspecified atom stereocenters. The van der Waals surface area contributed by atoms with Gasteiger partial charge in [0.25, 0.3) is 5.69 Å². The number of nitro groups is 1. The fraction of sp³-hybridized carbons (Fsp3) is 0.118. The van der Waals surface area contributed by atoms with Crippen molar-refractivity contribution in [3.8, 4) is 17.2 Å². The molecule has 0 saturated carbocycles. The van der Waals surface area contributed by atoms with Crippen molar-refractivity contribution in [3.05, 3.63) is 90.1 Å². The maximum atomic E-state index is 12.3. The van der Waals surface area contributed by atoms with Gasteiger partial charge in [-0.3, -0.25) is 10.1 Å². The Kier molecular flexibility index (Phi) is 4.46. The lowest BCUT2D eigenvalue weighted by Gasteiger charge is -2.10. The number of ether oxygens (including phenoxy) is 1. The van der Waals surface area contributed by atoms with Crippen LogP contribution in [0.3, 0.4) is 0 Å². The maximum absolute atomic E-state index is 12.3. The lowest BCUT2D eigenvalue weighted by molar-refractivity contribution is -0.384. The van der Waals surface area contributed by atoms with Gasteiger partial charge in [0.15, 0.2) is 0 Å². The molecule has 3 aromatic rings. The molecule has 0 spiro atoms. The highest BCUT2D eigenvalue weighted by Gasteiger charge is 2.12. The fourth-order valence-corrected chi connectivity index (χ4v) is 2.43. The number of benzene rings is 2. The zero-order valence-electron chi connectivity index (χ0n) is 14.4. The lowest BCUT2D eigenvalue weighted by Crippen LogP contribution is -2.52. The van der Waals surface area contributed by atoms with Gasteiger partial charge in [0.1, 0.15) is 11.5 Å². The summed E-state index contributed by atoms with van der Waals surface area (Å²) in [6.45, 7) is 0. The minimum Gasteiger partial charge on any atom is -0.457 e. The second-order valence-corrected chi connectivity index (χ2v) is 5.65. The van der Waals surface area contributed by atoms with Crippen molar-refractivity contribution in [1.29, 1.82) is 0 Å². The number of rotatable bonds is 4. The first-order valence-corrected chi connectivity index (χ1v) is 7.71. The molecule has 27 heavy (non-hydrogen) atoms. The molecule has 0 aliphatic carbocycles. The molecular weight excluding hydrogens is 356 g/mol. The second kappa shape index (κ2) is 6.75. The van der Waals surface area contributed by atoms with Crippen molar-refractivity contribution in [2.24, 2.45) is 14.1 Å². The first-order valence-electron chi connectivity index (χ1n) is 7.71. The Morgan fingerprint density at radius 3 is 1.67 bits per heavy atom. The summed E-state index contributed by atoms with van der Waals surface area (Å²) in [6, 6.07) is 11.6. The second-order valence-electron chi connectivity index (χ2n) is 5.65. The Hall–Kier alpha value is -3.95. The van der Waals surface area contributed by atoms with E-state index in [-0.39, 0.29) is 11.4 Å². The van der Waals surface area contributed by atoms with E-state index in [1.54, 1.807) is 0 Å². The van der Waals surface area contributed by atoms with Gasteiger partial charge in [-0.2, -0.15) is 0 Å². The van der Waals surface area contributed by atoms with Gasteiger partial charge in [0.05, 0.1) is 10.6 Å². The highest BCUT2D eigenvalue weighted by molar-refractivity contribution is 5.41. The summed E-state index contributed by atoms with van der Waals surface area (Å²) in [7, 11) is 2.57. The Morgan fingerprint density at radius 1 is 0.778 bits per heavy atom. The van der Waals surface area contributed by atoms with Crippen molar-refractivity contribution < 1.29 is 9.66 Å². The van der Waals surface area contributed by atoms with Crippen LogP contribution in [-0.4, -0.2) is 18.6 Å². The smallest absolute Gasteiger partial charge is 0.340 e. The third-order valence-electron chi connectivity index (χ3n) is 3.91. The molecule has 138 valence electrons. The molecule has 2 aromatic carbocycles. The van der Waals surface area contributed by atoms with Gasteiger partial charge in [-0.25, -0.2) is 28.1 Å². The van der Waals surface area contributed by atoms with Gasteiger partial charge in [-0.15, -0.1) is 0 Å². The van der Waals surface area contributed by atoms with Crippen molar-refractivity contribution in [1.82, 2.24) is 13.7 Å². The first-order chi connectivity index (χ1) is 12.8. The van der Waals surface area contributed by atoms with Gasteiger partial charge in [-0.05, 0) is 36.4 Å². The van der Waals surface area contributed by atoms with Gasteiger partial charge >= 0.3 is 17.1 Å². The van der Waals surface area contributed by atoms with Crippen LogP contribution in [0.5, 0.6) is 11.5 Å². The van der Waals surface area contributed by atoms with E-state index in [1.807, 2.05) is 0 Å². The average molecular weight is 370 g/mol. The minimum absolute atomic E-state index is 0.0531. The highest BCUT2D eigenvalue weighted by Crippen LogP contribution is 2.24. The number of non-ortho nitro benzene ring substituents is 1. The molecule has 0 fully saturated rings. The van der Waals surface area contributed by atoms with E-state index in [1.165, 1.54) is 62.6 Å². The number of nitrogens with zero attached hydrogens (tertiary/aromatic N) is 4. The van der Waals surface area contributed by atoms with Crippen molar-refractivity contribution in [2.75, 3.05) is 0 Å². The quantitative estimate of drug-likeness (QED) is 0.498. The van der Waals surface area contributed by atoms with Gasteiger partial charge in [-0.1, -0.05) is 0 Å². The summed E-state index contributed by atoms with van der Waals surface area (Å²) < 4.78 is 8.13. The van der Waals surface area contributed by atoms with Crippen molar-refractivity contribution >= 4 is 5.69 Å². The first kappa shape index (κ1) is 17.9. The number of hydrogen-bond acceptors (Lipinski definition) is 6. The van der Waals surface area contributed by atoms with Crippen LogP contribution in [0.15, 0.2) is 62.9 Å². The summed E-state index contributed by atoms with van der Waals surface area (Å²) in [5.74, 6) is 0.797. The third-order valence-corrected chi connectivity index (χ3v) is 3.91. The van der Waals surface area contributed by atoms with Crippen LogP contribution < -0.4 is 21.8 Å². The van der Waals surface area contributed by atoms with E-state index in [0.717, 1.165) is 13.7 Å². The summed E-state index contributed by atoms with van der Waals surface area (Å²) in [4.78, 5) is 46.4. The van der Waals surface area contributed by atoms with Crippen LogP contribution in [0.2, 0.25) is 0 Å². The number of hydrogen-bond donors (Lipinski definition) is 0. The fourth-order valence-electron chi connectivity index (χ4n) is 2.43. The van der Waals surface area contributed by atoms with Gasteiger partial charge in [0, 0.05) is 26.2 Å². The molecule has 3 rings (SSSR count). The zero-order valence-corrected chi connectivity index (χ0v) is 14.4. The summed E-state index contributed by atoms with van der Waals surface area (Å²) in [5.41, 5.74) is -2.01. The van der Waals surface area contributed by atoms with E-state index in [4.69, 9.17) is 4.74 Å². The molecule has 0 aliphatic heterocycles. The van der Waals surface area contributed by atoms with E-state index in [9.17, 15) is 24.5 Å². The van der Waals surface area contributed by atoms with Crippen LogP contribution in [0.1, 0.15) is 0 Å². The lowest BCUT2D eigenvalue weighted by atomic mass is 10.3. The Labute approximate surface area is 151 Å². The molecule has 1 heterocycles. The topological polar surface area (TPSA) is 118 Å². The molecule has 10 nitrogen and oxygen atoms in total. The van der Waals surface area contributed by atoms with Crippen LogP contribution in [0, 0.1) is 10.1 Å². The van der Waals surface area contributed by atoms with Crippen LogP contribution in [0.4, 0.5) is 5.69 Å². The minimum atomic E-state index is -0.757. The standard InChI is InChI=1S/C17H14N4O6/c1-18-15(22)19(2)17(24)20(16(18)23)11-3-7-13(8-4-11)27-14-9-5-12(6-10-14)21(25)26/h3-10H,1-2H3. The molecule has 0 radical (unpaired) electrons. The zero-order chi connectivity index (χ0) is 19.7. The Bertz CT molecular complexity index is 1150. The summed E-state index contributed by atoms with van der Waals surface area (Å²) in [6.07, 6.45) is 0. The Balaban J connectivity index is 1.93. The average Bonchev–Trinajstić information content (AvgIpc) is 2.67. The van der Waals surface area contributed by atoms with Gasteiger partial charge < -0.3 is 4.74 Å². The summed E-state index contributed by atoms with van der Waals surface area (Å²) >= 11 is 0. The van der Waals surface area contributed by atoms with Gasteiger partial charge in [0.2, 0.25) is 0 Å². The molecule has 0 bridgehead atoms. The molecule has 0 N–H and O–H groups in total. The van der Waals surface area contributed by atoms with Crippen molar-refractivity contribution in [3.63, 3.8) is 0 Å². The third kappa shape index (κ3) is 3.27.